The van der Waals surface area contributed by atoms with Crippen LogP contribution in [0.15, 0.2) is 42.7 Å². The highest BCUT2D eigenvalue weighted by Crippen LogP contribution is 2.26. The first kappa shape index (κ1) is 18.0. The van der Waals surface area contributed by atoms with Crippen molar-refractivity contribution >= 4 is 28.2 Å². The molecule has 140 valence electrons. The lowest BCUT2D eigenvalue weighted by Crippen LogP contribution is -2.46. The van der Waals surface area contributed by atoms with Gasteiger partial charge in [-0.25, -0.2) is 4.98 Å². The number of hydrogen-bond donors (Lipinski definition) is 0. The van der Waals surface area contributed by atoms with E-state index in [0.717, 1.165) is 54.9 Å². The Morgan fingerprint density at radius 3 is 2.67 bits per heavy atom. The Morgan fingerprint density at radius 2 is 1.93 bits per heavy atom. The average molecular weight is 383 g/mol. The lowest BCUT2D eigenvalue weighted by atomic mass is 10.1. The van der Waals surface area contributed by atoms with Gasteiger partial charge in [-0.1, -0.05) is 11.6 Å². The zero-order valence-electron chi connectivity index (χ0n) is 15.7. The number of nitrogens with zero attached hydrogens (tertiary/aromatic N) is 4. The molecule has 0 unspecified atom stereocenters. The maximum atomic E-state index is 6.47. The quantitative estimate of drug-likeness (QED) is 0.640. The van der Waals surface area contributed by atoms with Crippen LogP contribution >= 0.6 is 11.6 Å². The first-order valence-electron chi connectivity index (χ1n) is 9.15. The molecule has 1 aliphatic rings. The van der Waals surface area contributed by atoms with Gasteiger partial charge in [0.1, 0.15) is 10.9 Å². The predicted octanol–water partition coefficient (Wildman–Crippen LogP) is 3.92. The Balaban J connectivity index is 1.46. The molecular weight excluding hydrogens is 360 g/mol. The smallest absolute Gasteiger partial charge is 0.134 e. The lowest BCUT2D eigenvalue weighted by molar-refractivity contribution is 0.249. The molecule has 0 atom stereocenters. The fourth-order valence-corrected chi connectivity index (χ4v) is 3.82. The van der Waals surface area contributed by atoms with Crippen molar-refractivity contribution in [3.63, 3.8) is 0 Å². The van der Waals surface area contributed by atoms with Crippen molar-refractivity contribution in [3.8, 4) is 5.75 Å². The van der Waals surface area contributed by atoms with Crippen molar-refractivity contribution < 1.29 is 4.74 Å². The van der Waals surface area contributed by atoms with Crippen molar-refractivity contribution in [2.75, 3.05) is 38.2 Å². The second kappa shape index (κ2) is 7.71. The monoisotopic (exact) mass is 382 g/mol. The molecule has 1 aliphatic heterocycles. The Bertz CT molecular complexity index is 954. The summed E-state index contributed by atoms with van der Waals surface area (Å²) in [4.78, 5) is 13.6. The SMILES string of the molecule is COc1ccc2cc(CN3CCN(c4ccncc4C)CC3)c(Cl)nc2c1. The van der Waals surface area contributed by atoms with Crippen LogP contribution in [0.1, 0.15) is 11.1 Å². The third kappa shape index (κ3) is 3.84. The van der Waals surface area contributed by atoms with Gasteiger partial charge in [-0.3, -0.25) is 9.88 Å². The number of ether oxygens (including phenoxy) is 1. The molecule has 5 nitrogen and oxygen atoms in total. The van der Waals surface area contributed by atoms with E-state index in [1.807, 2.05) is 30.6 Å². The number of pyridine rings is 2. The fourth-order valence-electron chi connectivity index (χ4n) is 3.61. The molecule has 0 bridgehead atoms. The Kier molecular flexibility index (Phi) is 5.14. The average Bonchev–Trinajstić information content (AvgIpc) is 2.69. The van der Waals surface area contributed by atoms with Crippen molar-refractivity contribution in [1.29, 1.82) is 0 Å². The molecular formula is C21H23ClN4O. The summed E-state index contributed by atoms with van der Waals surface area (Å²) in [5, 5.41) is 1.66. The van der Waals surface area contributed by atoms with Crippen LogP contribution in [0.5, 0.6) is 5.75 Å². The van der Waals surface area contributed by atoms with Gasteiger partial charge in [-0.15, -0.1) is 0 Å². The molecule has 27 heavy (non-hydrogen) atoms. The second-order valence-electron chi connectivity index (χ2n) is 6.92. The van der Waals surface area contributed by atoms with Crippen LogP contribution in [-0.2, 0) is 6.54 Å². The number of piperazine rings is 1. The van der Waals surface area contributed by atoms with Crippen LogP contribution in [0.4, 0.5) is 5.69 Å². The highest BCUT2D eigenvalue weighted by Gasteiger charge is 2.19. The molecule has 0 aliphatic carbocycles. The topological polar surface area (TPSA) is 41.5 Å². The van der Waals surface area contributed by atoms with Crippen LogP contribution in [-0.4, -0.2) is 48.2 Å². The van der Waals surface area contributed by atoms with Gasteiger partial charge in [0.25, 0.3) is 0 Å². The van der Waals surface area contributed by atoms with Crippen LogP contribution in [0.3, 0.4) is 0 Å². The first-order chi connectivity index (χ1) is 13.1. The highest BCUT2D eigenvalue weighted by molar-refractivity contribution is 6.30. The van der Waals surface area contributed by atoms with E-state index in [4.69, 9.17) is 16.3 Å². The molecule has 0 amide bonds. The molecule has 3 aromatic rings. The molecule has 0 spiro atoms. The van der Waals surface area contributed by atoms with E-state index in [1.54, 1.807) is 7.11 Å². The summed E-state index contributed by atoms with van der Waals surface area (Å²) in [7, 11) is 1.66. The van der Waals surface area contributed by atoms with Gasteiger partial charge in [0, 0.05) is 67.8 Å². The molecule has 2 aromatic heterocycles. The molecule has 3 heterocycles. The van der Waals surface area contributed by atoms with Gasteiger partial charge in [-0.05, 0) is 36.8 Å². The maximum absolute atomic E-state index is 6.47. The summed E-state index contributed by atoms with van der Waals surface area (Å²) in [6.45, 7) is 6.93. The van der Waals surface area contributed by atoms with E-state index < -0.39 is 0 Å². The number of aryl methyl sites for hydroxylation is 1. The minimum atomic E-state index is 0.572. The third-order valence-electron chi connectivity index (χ3n) is 5.15. The molecule has 0 radical (unpaired) electrons. The number of fused-ring (bicyclic) bond motifs is 1. The summed E-state index contributed by atoms with van der Waals surface area (Å²) >= 11 is 6.47. The Hall–Kier alpha value is -2.37. The Morgan fingerprint density at radius 1 is 1.11 bits per heavy atom. The molecule has 1 fully saturated rings. The van der Waals surface area contributed by atoms with E-state index in [-0.39, 0.29) is 0 Å². The van der Waals surface area contributed by atoms with E-state index in [0.29, 0.717) is 5.15 Å². The van der Waals surface area contributed by atoms with Crippen molar-refractivity contribution in [3.05, 3.63) is 59.0 Å². The number of anilines is 1. The number of benzene rings is 1. The van der Waals surface area contributed by atoms with Gasteiger partial charge in [0.05, 0.1) is 12.6 Å². The highest BCUT2D eigenvalue weighted by atomic mass is 35.5. The van der Waals surface area contributed by atoms with E-state index in [9.17, 15) is 0 Å². The summed E-state index contributed by atoms with van der Waals surface area (Å²) in [5.74, 6) is 0.793. The van der Waals surface area contributed by atoms with Crippen molar-refractivity contribution in [1.82, 2.24) is 14.9 Å². The standard InChI is InChI=1S/C21H23ClN4O/c1-15-13-23-6-5-20(15)26-9-7-25(8-10-26)14-17-11-16-3-4-18(27-2)12-19(16)24-21(17)22/h3-6,11-13H,7-10,14H2,1-2H3. The third-order valence-corrected chi connectivity index (χ3v) is 5.48. The van der Waals surface area contributed by atoms with E-state index in [1.165, 1.54) is 11.3 Å². The lowest BCUT2D eigenvalue weighted by Gasteiger charge is -2.36. The molecule has 1 aromatic carbocycles. The normalized spacial score (nSPS) is 15.3. The zero-order valence-corrected chi connectivity index (χ0v) is 16.4. The molecule has 0 saturated carbocycles. The number of aromatic nitrogens is 2. The van der Waals surface area contributed by atoms with Crippen molar-refractivity contribution in [2.45, 2.75) is 13.5 Å². The Labute approximate surface area is 164 Å². The van der Waals surface area contributed by atoms with Crippen molar-refractivity contribution in [2.24, 2.45) is 0 Å². The van der Waals surface area contributed by atoms with Crippen LogP contribution < -0.4 is 9.64 Å². The number of methoxy groups -OCH3 is 1. The zero-order chi connectivity index (χ0) is 18.8. The molecule has 0 N–H and O–H groups in total. The largest absolute Gasteiger partial charge is 0.497 e. The summed E-state index contributed by atoms with van der Waals surface area (Å²) in [5.41, 5.74) is 4.44. The second-order valence-corrected chi connectivity index (χ2v) is 7.28. The minimum Gasteiger partial charge on any atom is -0.497 e. The number of rotatable bonds is 4. The van der Waals surface area contributed by atoms with Gasteiger partial charge in [0.2, 0.25) is 0 Å². The van der Waals surface area contributed by atoms with Gasteiger partial charge < -0.3 is 9.64 Å². The van der Waals surface area contributed by atoms with Gasteiger partial charge in [0.15, 0.2) is 0 Å². The minimum absolute atomic E-state index is 0.572. The van der Waals surface area contributed by atoms with E-state index in [2.05, 4.69) is 38.8 Å². The summed E-state index contributed by atoms with van der Waals surface area (Å²) in [6, 6.07) is 10.1. The van der Waals surface area contributed by atoms with Crippen LogP contribution in [0, 0.1) is 6.92 Å². The number of hydrogen-bond acceptors (Lipinski definition) is 5. The molecule has 4 rings (SSSR count). The van der Waals surface area contributed by atoms with Crippen LogP contribution in [0.2, 0.25) is 5.15 Å². The molecule has 6 heteroatoms. The van der Waals surface area contributed by atoms with Gasteiger partial charge in [-0.2, -0.15) is 0 Å². The molecule has 1 saturated heterocycles. The first-order valence-corrected chi connectivity index (χ1v) is 9.53. The van der Waals surface area contributed by atoms with Gasteiger partial charge >= 0.3 is 0 Å². The maximum Gasteiger partial charge on any atom is 0.134 e. The fraction of sp³-hybridized carbons (Fsp3) is 0.333. The summed E-state index contributed by atoms with van der Waals surface area (Å²) < 4.78 is 5.27. The van der Waals surface area contributed by atoms with Crippen LogP contribution in [0.25, 0.3) is 10.9 Å². The number of halogens is 1. The predicted molar refractivity (Wildman–Crippen MR) is 110 cm³/mol. The summed E-state index contributed by atoms with van der Waals surface area (Å²) in [6.07, 6.45) is 3.79. The van der Waals surface area contributed by atoms with E-state index >= 15 is 0 Å².